The van der Waals surface area contributed by atoms with Crippen LogP contribution in [0.5, 0.6) is 0 Å². The lowest BCUT2D eigenvalue weighted by Crippen LogP contribution is -2.24. The largest absolute Gasteiger partial charge is 0.459 e. The summed E-state index contributed by atoms with van der Waals surface area (Å²) in [6.45, 7) is 6.11. The van der Waals surface area contributed by atoms with E-state index in [9.17, 15) is 14.9 Å². The van der Waals surface area contributed by atoms with Crippen molar-refractivity contribution in [2.45, 2.75) is 39.9 Å². The molecule has 116 valence electrons. The molecule has 1 rings (SSSR count). The Bertz CT molecular complexity index is 487. The van der Waals surface area contributed by atoms with Crippen LogP contribution in [0.15, 0.2) is 24.3 Å². The third-order valence-corrected chi connectivity index (χ3v) is 2.95. The summed E-state index contributed by atoms with van der Waals surface area (Å²) in [6.07, 6.45) is 0.188. The molecule has 0 aliphatic rings. The molecule has 1 aromatic rings. The number of hydrogen-bond acceptors (Lipinski definition) is 5. The Morgan fingerprint density at radius 2 is 1.95 bits per heavy atom. The topological polar surface area (TPSA) is 78.7 Å². The number of para-hydroxylation sites is 1. The molecule has 0 aliphatic heterocycles. The van der Waals surface area contributed by atoms with E-state index in [1.165, 1.54) is 6.07 Å². The van der Waals surface area contributed by atoms with Crippen molar-refractivity contribution in [3.63, 3.8) is 0 Å². The van der Waals surface area contributed by atoms with Crippen LogP contribution in [0.25, 0.3) is 0 Å². The highest BCUT2D eigenvalue weighted by Gasteiger charge is 2.18. The zero-order chi connectivity index (χ0) is 15.8. The summed E-state index contributed by atoms with van der Waals surface area (Å²) in [5, 5.41) is 10.8. The maximum atomic E-state index is 11.8. The summed E-state index contributed by atoms with van der Waals surface area (Å²) in [6, 6.07) is 6.18. The first-order valence-corrected chi connectivity index (χ1v) is 6.92. The lowest BCUT2D eigenvalue weighted by Gasteiger charge is -2.13. The van der Waals surface area contributed by atoms with E-state index >= 15 is 0 Å². The van der Waals surface area contributed by atoms with E-state index in [0.29, 0.717) is 18.1 Å². The van der Waals surface area contributed by atoms with Crippen LogP contribution in [0.3, 0.4) is 0 Å². The van der Waals surface area contributed by atoms with Gasteiger partial charge in [0.15, 0.2) is 6.10 Å². The zero-order valence-electron chi connectivity index (χ0n) is 12.6. The molecular weight excluding hydrogens is 274 g/mol. The van der Waals surface area contributed by atoms with Crippen molar-refractivity contribution >= 4 is 11.7 Å². The monoisotopic (exact) mass is 295 g/mol. The number of carbonyl (C=O) groups excluding carboxylic acids is 1. The number of esters is 1. The van der Waals surface area contributed by atoms with E-state index in [2.05, 4.69) is 13.8 Å². The van der Waals surface area contributed by atoms with E-state index in [-0.39, 0.29) is 12.3 Å². The van der Waals surface area contributed by atoms with E-state index in [0.717, 1.165) is 6.42 Å². The molecule has 0 saturated carbocycles. The fourth-order valence-electron chi connectivity index (χ4n) is 1.63. The molecule has 0 spiro atoms. The normalized spacial score (nSPS) is 12.2. The molecule has 21 heavy (non-hydrogen) atoms. The first kappa shape index (κ1) is 17.1. The molecule has 0 aliphatic carbocycles. The van der Waals surface area contributed by atoms with Crippen LogP contribution in [-0.4, -0.2) is 23.6 Å². The summed E-state index contributed by atoms with van der Waals surface area (Å²) in [5.74, 6) is -0.0166. The van der Waals surface area contributed by atoms with Crippen molar-refractivity contribution in [2.24, 2.45) is 5.92 Å². The summed E-state index contributed by atoms with van der Waals surface area (Å²) < 4.78 is 10.4. The van der Waals surface area contributed by atoms with Crippen molar-refractivity contribution in [1.82, 2.24) is 0 Å². The molecule has 6 heteroatoms. The number of nitrogens with zero attached hydrogens (tertiary/aromatic N) is 1. The maximum absolute atomic E-state index is 11.8. The summed E-state index contributed by atoms with van der Waals surface area (Å²) in [5.41, 5.74) is 0.309. The summed E-state index contributed by atoms with van der Waals surface area (Å²) >= 11 is 0. The smallest absolute Gasteiger partial charge is 0.335 e. The van der Waals surface area contributed by atoms with Gasteiger partial charge < -0.3 is 9.47 Å². The average Bonchev–Trinajstić information content (AvgIpc) is 2.44. The Labute approximate surface area is 124 Å². The van der Waals surface area contributed by atoms with Crippen LogP contribution in [-0.2, 0) is 20.9 Å². The predicted molar refractivity (Wildman–Crippen MR) is 77.8 cm³/mol. The Hall–Kier alpha value is -1.95. The lowest BCUT2D eigenvalue weighted by molar-refractivity contribution is -0.385. The second-order valence-electron chi connectivity index (χ2n) is 5.19. The third kappa shape index (κ3) is 5.91. The SMILES string of the molecule is CC(C)CCOC(C)C(=O)OCc1ccccc1[N+](=O)[O-]. The number of carbonyl (C=O) groups is 1. The fraction of sp³-hybridized carbons (Fsp3) is 0.533. The van der Waals surface area contributed by atoms with Gasteiger partial charge in [-0.1, -0.05) is 26.0 Å². The van der Waals surface area contributed by atoms with Gasteiger partial charge in [-0.15, -0.1) is 0 Å². The van der Waals surface area contributed by atoms with Gasteiger partial charge in [0, 0.05) is 12.7 Å². The molecule has 0 N–H and O–H groups in total. The molecule has 0 heterocycles. The zero-order valence-corrected chi connectivity index (χ0v) is 12.6. The number of nitro benzene ring substituents is 1. The first-order chi connectivity index (χ1) is 9.91. The average molecular weight is 295 g/mol. The van der Waals surface area contributed by atoms with Gasteiger partial charge in [0.05, 0.1) is 10.5 Å². The van der Waals surface area contributed by atoms with Crippen LogP contribution in [0.2, 0.25) is 0 Å². The van der Waals surface area contributed by atoms with Crippen LogP contribution < -0.4 is 0 Å². The second kappa shape index (κ2) is 8.36. The Morgan fingerprint density at radius 1 is 1.29 bits per heavy atom. The van der Waals surface area contributed by atoms with Crippen LogP contribution in [0, 0.1) is 16.0 Å². The summed E-state index contributed by atoms with van der Waals surface area (Å²) in [7, 11) is 0. The highest BCUT2D eigenvalue weighted by Crippen LogP contribution is 2.18. The van der Waals surface area contributed by atoms with Gasteiger partial charge in [-0.2, -0.15) is 0 Å². The highest BCUT2D eigenvalue weighted by atomic mass is 16.6. The predicted octanol–water partition coefficient (Wildman–Crippen LogP) is 3.09. The lowest BCUT2D eigenvalue weighted by atomic mass is 10.1. The molecule has 1 aromatic carbocycles. The molecule has 0 amide bonds. The van der Waals surface area contributed by atoms with E-state index in [1.807, 2.05) is 0 Å². The van der Waals surface area contributed by atoms with Gasteiger partial charge >= 0.3 is 5.97 Å². The van der Waals surface area contributed by atoms with Gasteiger partial charge in [-0.25, -0.2) is 4.79 Å². The van der Waals surface area contributed by atoms with Crippen molar-refractivity contribution in [3.8, 4) is 0 Å². The van der Waals surface area contributed by atoms with Gasteiger partial charge in [0.25, 0.3) is 5.69 Å². The maximum Gasteiger partial charge on any atom is 0.335 e. The number of hydrogen-bond donors (Lipinski definition) is 0. The molecule has 1 atom stereocenters. The summed E-state index contributed by atoms with van der Waals surface area (Å²) in [4.78, 5) is 22.1. The molecule has 6 nitrogen and oxygen atoms in total. The van der Waals surface area contributed by atoms with E-state index in [4.69, 9.17) is 9.47 Å². The quantitative estimate of drug-likeness (QED) is 0.418. The van der Waals surface area contributed by atoms with Gasteiger partial charge in [-0.05, 0) is 25.3 Å². The number of benzene rings is 1. The highest BCUT2D eigenvalue weighted by molar-refractivity contribution is 5.74. The molecular formula is C15H21NO5. The standard InChI is InChI=1S/C15H21NO5/c1-11(2)8-9-20-12(3)15(17)21-10-13-6-4-5-7-14(13)16(18)19/h4-7,11-12H,8-10H2,1-3H3. The molecule has 0 bridgehead atoms. The Balaban J connectivity index is 2.47. The molecule has 0 radical (unpaired) electrons. The second-order valence-corrected chi connectivity index (χ2v) is 5.19. The van der Waals surface area contributed by atoms with E-state index < -0.39 is 17.0 Å². The minimum Gasteiger partial charge on any atom is -0.459 e. The fourth-order valence-corrected chi connectivity index (χ4v) is 1.63. The Morgan fingerprint density at radius 3 is 2.57 bits per heavy atom. The third-order valence-electron chi connectivity index (χ3n) is 2.95. The number of nitro groups is 1. The van der Waals surface area contributed by atoms with Crippen LogP contribution in [0.4, 0.5) is 5.69 Å². The minimum atomic E-state index is -0.675. The molecule has 0 aromatic heterocycles. The number of rotatable bonds is 8. The first-order valence-electron chi connectivity index (χ1n) is 6.92. The van der Waals surface area contributed by atoms with Crippen molar-refractivity contribution in [2.75, 3.05) is 6.61 Å². The van der Waals surface area contributed by atoms with Crippen molar-refractivity contribution < 1.29 is 19.2 Å². The molecule has 0 fully saturated rings. The molecule has 1 unspecified atom stereocenters. The molecule has 0 saturated heterocycles. The van der Waals surface area contributed by atoms with Gasteiger partial charge in [0.2, 0.25) is 0 Å². The van der Waals surface area contributed by atoms with Crippen molar-refractivity contribution in [1.29, 1.82) is 0 Å². The van der Waals surface area contributed by atoms with Crippen LogP contribution >= 0.6 is 0 Å². The Kier molecular flexibility index (Phi) is 6.81. The van der Waals surface area contributed by atoms with E-state index in [1.54, 1.807) is 25.1 Å². The minimum absolute atomic E-state index is 0.0568. The van der Waals surface area contributed by atoms with Gasteiger partial charge in [-0.3, -0.25) is 10.1 Å². The van der Waals surface area contributed by atoms with Gasteiger partial charge in [0.1, 0.15) is 6.61 Å². The number of ether oxygens (including phenoxy) is 2. The van der Waals surface area contributed by atoms with Crippen molar-refractivity contribution in [3.05, 3.63) is 39.9 Å². The van der Waals surface area contributed by atoms with Crippen LogP contribution in [0.1, 0.15) is 32.8 Å².